The van der Waals surface area contributed by atoms with E-state index in [2.05, 4.69) is 17.6 Å². The van der Waals surface area contributed by atoms with Crippen molar-refractivity contribution in [3.05, 3.63) is 59.2 Å². The van der Waals surface area contributed by atoms with Crippen molar-refractivity contribution in [2.45, 2.75) is 53.2 Å². The summed E-state index contributed by atoms with van der Waals surface area (Å²) in [6, 6.07) is 12.6. The van der Waals surface area contributed by atoms with E-state index in [0.29, 0.717) is 10.8 Å². The summed E-state index contributed by atoms with van der Waals surface area (Å²) in [7, 11) is 0. The second-order valence-corrected chi connectivity index (χ2v) is 7.75. The standard InChI is InChI=1S/C23H28N2O4S/c1-6-16-7-9-19(10-8-16)24-23(30)25-20-12-17(21(26)28-14(2)3)11-18(13-20)22(27)29-15(4)5/h7-15H,6H2,1-5H3,(H2,24,25,30). The zero-order chi connectivity index (χ0) is 22.3. The van der Waals surface area contributed by atoms with E-state index in [4.69, 9.17) is 21.7 Å². The molecule has 2 aromatic carbocycles. The molecular formula is C23H28N2O4S. The first-order valence-electron chi connectivity index (χ1n) is 9.92. The highest BCUT2D eigenvalue weighted by atomic mass is 32.1. The normalized spacial score (nSPS) is 10.6. The van der Waals surface area contributed by atoms with Crippen molar-refractivity contribution in [1.29, 1.82) is 0 Å². The Morgan fingerprint density at radius 2 is 1.30 bits per heavy atom. The van der Waals surface area contributed by atoms with Gasteiger partial charge in [-0.2, -0.15) is 0 Å². The lowest BCUT2D eigenvalue weighted by Crippen LogP contribution is -2.20. The summed E-state index contributed by atoms with van der Waals surface area (Å²) >= 11 is 5.38. The van der Waals surface area contributed by atoms with E-state index in [1.54, 1.807) is 39.8 Å². The number of benzene rings is 2. The molecule has 0 aliphatic heterocycles. The molecular weight excluding hydrogens is 400 g/mol. The molecule has 0 radical (unpaired) electrons. The number of esters is 2. The van der Waals surface area contributed by atoms with E-state index in [1.165, 1.54) is 11.6 Å². The van der Waals surface area contributed by atoms with Gasteiger partial charge in [-0.3, -0.25) is 0 Å². The van der Waals surface area contributed by atoms with E-state index in [0.717, 1.165) is 12.1 Å². The Morgan fingerprint density at radius 1 is 0.833 bits per heavy atom. The predicted molar refractivity (Wildman–Crippen MR) is 123 cm³/mol. The van der Waals surface area contributed by atoms with Crippen LogP contribution in [0.2, 0.25) is 0 Å². The first-order valence-corrected chi connectivity index (χ1v) is 10.3. The highest BCUT2D eigenvalue weighted by Crippen LogP contribution is 2.19. The van der Waals surface area contributed by atoms with Crippen LogP contribution in [0, 0.1) is 0 Å². The Morgan fingerprint density at radius 3 is 1.73 bits per heavy atom. The molecule has 0 bridgehead atoms. The van der Waals surface area contributed by atoms with Crippen LogP contribution in [0.25, 0.3) is 0 Å². The quantitative estimate of drug-likeness (QED) is 0.464. The third-order valence-corrected chi connectivity index (χ3v) is 4.17. The number of hydrogen-bond acceptors (Lipinski definition) is 5. The van der Waals surface area contributed by atoms with Crippen LogP contribution in [0.3, 0.4) is 0 Å². The molecule has 0 aliphatic carbocycles. The van der Waals surface area contributed by atoms with Gasteiger partial charge in [-0.15, -0.1) is 0 Å². The summed E-state index contributed by atoms with van der Waals surface area (Å²) in [5, 5.41) is 6.44. The van der Waals surface area contributed by atoms with Crippen LogP contribution in [-0.2, 0) is 15.9 Å². The Balaban J connectivity index is 2.23. The van der Waals surface area contributed by atoms with Crippen molar-refractivity contribution in [1.82, 2.24) is 0 Å². The fraction of sp³-hybridized carbons (Fsp3) is 0.348. The van der Waals surface area contributed by atoms with Crippen LogP contribution in [0.15, 0.2) is 42.5 Å². The number of anilines is 2. The minimum atomic E-state index is -0.527. The molecule has 0 saturated heterocycles. The summed E-state index contributed by atoms with van der Waals surface area (Å²) in [5.74, 6) is -1.05. The predicted octanol–water partition coefficient (Wildman–Crippen LogP) is 5.19. The molecule has 0 aliphatic rings. The smallest absolute Gasteiger partial charge is 0.338 e. The molecule has 0 aromatic heterocycles. The number of carbonyl (C=O) groups is 2. The van der Waals surface area contributed by atoms with Crippen LogP contribution >= 0.6 is 12.2 Å². The van der Waals surface area contributed by atoms with E-state index >= 15 is 0 Å². The zero-order valence-electron chi connectivity index (χ0n) is 17.9. The SMILES string of the molecule is CCc1ccc(NC(=S)Nc2cc(C(=O)OC(C)C)cc(C(=O)OC(C)C)c2)cc1. The van der Waals surface area contributed by atoms with Crippen LogP contribution in [0.5, 0.6) is 0 Å². The highest BCUT2D eigenvalue weighted by Gasteiger charge is 2.17. The lowest BCUT2D eigenvalue weighted by Gasteiger charge is -2.15. The van der Waals surface area contributed by atoms with Gasteiger partial charge in [0.25, 0.3) is 0 Å². The summed E-state index contributed by atoms with van der Waals surface area (Å²) in [6.45, 7) is 9.13. The van der Waals surface area contributed by atoms with Gasteiger partial charge >= 0.3 is 11.9 Å². The molecule has 30 heavy (non-hydrogen) atoms. The van der Waals surface area contributed by atoms with Gasteiger partial charge in [-0.25, -0.2) is 9.59 Å². The molecule has 6 nitrogen and oxygen atoms in total. The molecule has 0 unspecified atom stereocenters. The minimum absolute atomic E-state index is 0.236. The number of rotatable bonds is 7. The third-order valence-electron chi connectivity index (χ3n) is 3.97. The van der Waals surface area contributed by atoms with Crippen molar-refractivity contribution in [2.24, 2.45) is 0 Å². The summed E-state index contributed by atoms with van der Waals surface area (Å²) in [4.78, 5) is 24.8. The second-order valence-electron chi connectivity index (χ2n) is 7.34. The third kappa shape index (κ3) is 7.15. The van der Waals surface area contributed by atoms with Gasteiger partial charge in [0, 0.05) is 11.4 Å². The molecule has 0 heterocycles. The van der Waals surface area contributed by atoms with Gasteiger partial charge in [-0.1, -0.05) is 19.1 Å². The first kappa shape index (κ1) is 23.3. The largest absolute Gasteiger partial charge is 0.459 e. The molecule has 0 saturated carbocycles. The summed E-state index contributed by atoms with van der Waals surface area (Å²) in [5.41, 5.74) is 3.01. The van der Waals surface area contributed by atoms with E-state index < -0.39 is 11.9 Å². The van der Waals surface area contributed by atoms with Gasteiger partial charge in [0.1, 0.15) is 0 Å². The lowest BCUT2D eigenvalue weighted by molar-refractivity contribution is 0.0377. The maximum Gasteiger partial charge on any atom is 0.338 e. The number of aryl methyl sites for hydroxylation is 1. The second kappa shape index (κ2) is 10.7. The van der Waals surface area contributed by atoms with E-state index in [-0.39, 0.29) is 23.3 Å². The minimum Gasteiger partial charge on any atom is -0.459 e. The van der Waals surface area contributed by atoms with Crippen molar-refractivity contribution in [3.8, 4) is 0 Å². The monoisotopic (exact) mass is 428 g/mol. The fourth-order valence-corrected chi connectivity index (χ4v) is 2.85. The fourth-order valence-electron chi connectivity index (χ4n) is 2.62. The van der Waals surface area contributed by atoms with Crippen molar-refractivity contribution in [2.75, 3.05) is 10.6 Å². The molecule has 2 aromatic rings. The van der Waals surface area contributed by atoms with Crippen molar-refractivity contribution >= 4 is 40.6 Å². The average molecular weight is 429 g/mol. The Kier molecular flexibility index (Phi) is 8.35. The van der Waals surface area contributed by atoms with Crippen LogP contribution in [0.1, 0.15) is 60.9 Å². The summed E-state index contributed by atoms with van der Waals surface area (Å²) in [6.07, 6.45) is 0.389. The number of carbonyl (C=O) groups excluding carboxylic acids is 2. The molecule has 0 spiro atoms. The van der Waals surface area contributed by atoms with Crippen LogP contribution < -0.4 is 10.6 Å². The number of hydrogen-bond donors (Lipinski definition) is 2. The van der Waals surface area contributed by atoms with Crippen LogP contribution in [0.4, 0.5) is 11.4 Å². The molecule has 160 valence electrons. The van der Waals surface area contributed by atoms with Gasteiger partial charge in [0.15, 0.2) is 5.11 Å². The van der Waals surface area contributed by atoms with E-state index in [1.807, 2.05) is 24.3 Å². The van der Waals surface area contributed by atoms with Gasteiger partial charge < -0.3 is 20.1 Å². The Labute approximate surface area is 183 Å². The number of nitrogens with one attached hydrogen (secondary N) is 2. The summed E-state index contributed by atoms with van der Waals surface area (Å²) < 4.78 is 10.5. The van der Waals surface area contributed by atoms with Crippen LogP contribution in [-0.4, -0.2) is 29.3 Å². The topological polar surface area (TPSA) is 76.7 Å². The average Bonchev–Trinajstić information content (AvgIpc) is 2.67. The lowest BCUT2D eigenvalue weighted by atomic mass is 10.1. The maximum atomic E-state index is 12.4. The zero-order valence-corrected chi connectivity index (χ0v) is 18.8. The molecule has 0 atom stereocenters. The number of thiocarbonyl (C=S) groups is 1. The maximum absolute atomic E-state index is 12.4. The van der Waals surface area contributed by atoms with Gasteiger partial charge in [0.2, 0.25) is 0 Å². The first-order chi connectivity index (χ1) is 14.2. The Bertz CT molecular complexity index is 868. The van der Waals surface area contributed by atoms with Gasteiger partial charge in [0.05, 0.1) is 23.3 Å². The van der Waals surface area contributed by atoms with Gasteiger partial charge in [-0.05, 0) is 82.2 Å². The Hall–Kier alpha value is -2.93. The van der Waals surface area contributed by atoms with E-state index in [9.17, 15) is 9.59 Å². The highest BCUT2D eigenvalue weighted by molar-refractivity contribution is 7.80. The molecule has 0 amide bonds. The molecule has 7 heteroatoms. The molecule has 0 fully saturated rings. The molecule has 2 rings (SSSR count). The van der Waals surface area contributed by atoms with Crippen molar-refractivity contribution in [3.63, 3.8) is 0 Å². The molecule has 2 N–H and O–H groups in total. The number of ether oxygens (including phenoxy) is 2. The van der Waals surface area contributed by atoms with Crippen molar-refractivity contribution < 1.29 is 19.1 Å².